The molecule has 3 atom stereocenters. The van der Waals surface area contributed by atoms with E-state index in [1.54, 1.807) is 11.1 Å². The summed E-state index contributed by atoms with van der Waals surface area (Å²) in [5.74, 6) is 1.55. The van der Waals surface area contributed by atoms with E-state index in [9.17, 15) is 19.2 Å². The molecule has 0 saturated carbocycles. The van der Waals surface area contributed by atoms with Crippen molar-refractivity contribution in [3.63, 3.8) is 0 Å². The highest BCUT2D eigenvalue weighted by atomic mass is 16.5. The van der Waals surface area contributed by atoms with Crippen LogP contribution in [0.2, 0.25) is 0 Å². The van der Waals surface area contributed by atoms with E-state index in [0.29, 0.717) is 31.3 Å². The van der Waals surface area contributed by atoms with Gasteiger partial charge in [0.15, 0.2) is 0 Å². The van der Waals surface area contributed by atoms with Crippen LogP contribution in [0.4, 0.5) is 9.59 Å². The molecule has 0 aliphatic carbocycles. The van der Waals surface area contributed by atoms with Gasteiger partial charge in [-0.15, -0.1) is 0 Å². The number of nitrogens with one attached hydrogen (secondary N) is 4. The number of ether oxygens (including phenoxy) is 3. The molecule has 2 aliphatic rings. The van der Waals surface area contributed by atoms with Gasteiger partial charge in [-0.25, -0.2) is 19.6 Å². The maximum absolute atomic E-state index is 13.7. The highest BCUT2D eigenvalue weighted by molar-refractivity contribution is 6.09. The van der Waals surface area contributed by atoms with Crippen LogP contribution in [0.25, 0.3) is 44.2 Å². The molecule has 0 unspecified atom stereocenters. The molecule has 5 aromatic rings. The summed E-state index contributed by atoms with van der Waals surface area (Å²) >= 11 is 0. The third-order valence-electron chi connectivity index (χ3n) is 11.1. The van der Waals surface area contributed by atoms with Crippen molar-refractivity contribution in [2.75, 3.05) is 27.3 Å². The quantitative estimate of drug-likeness (QED) is 0.105. The Bertz CT molecular complexity index is 2350. The molecule has 1 fully saturated rings. The smallest absolute Gasteiger partial charge is 0.407 e. The minimum atomic E-state index is -0.723. The van der Waals surface area contributed by atoms with Crippen LogP contribution in [0.5, 0.6) is 5.75 Å². The van der Waals surface area contributed by atoms with E-state index in [1.807, 2.05) is 45.6 Å². The van der Waals surface area contributed by atoms with Crippen LogP contribution in [0.1, 0.15) is 77.1 Å². The fourth-order valence-corrected chi connectivity index (χ4v) is 8.09. The third-order valence-corrected chi connectivity index (χ3v) is 11.1. The van der Waals surface area contributed by atoms with Gasteiger partial charge in [-0.1, -0.05) is 52.8 Å². The Morgan fingerprint density at radius 1 is 0.931 bits per heavy atom. The number of hydrogen-bond donors (Lipinski definition) is 4. The van der Waals surface area contributed by atoms with Gasteiger partial charge in [-0.05, 0) is 72.1 Å². The van der Waals surface area contributed by atoms with E-state index in [1.165, 1.54) is 14.2 Å². The van der Waals surface area contributed by atoms with Crippen molar-refractivity contribution < 1.29 is 33.4 Å². The van der Waals surface area contributed by atoms with Gasteiger partial charge in [-0.3, -0.25) is 9.59 Å². The van der Waals surface area contributed by atoms with Crippen LogP contribution in [-0.4, -0.2) is 93.1 Å². The Hall–Kier alpha value is -6.12. The Labute approximate surface area is 337 Å². The zero-order valence-electron chi connectivity index (χ0n) is 34.1. The fourth-order valence-electron chi connectivity index (χ4n) is 8.09. The number of hydrogen-bond acceptors (Lipinski definition) is 9. The van der Waals surface area contributed by atoms with E-state index in [4.69, 9.17) is 19.2 Å². The van der Waals surface area contributed by atoms with Crippen LogP contribution in [0.15, 0.2) is 48.7 Å². The zero-order chi connectivity index (χ0) is 41.2. The minimum absolute atomic E-state index is 0.123. The second kappa shape index (κ2) is 16.8. The fraction of sp³-hybridized carbons (Fsp3) is 0.442. The Morgan fingerprint density at radius 3 is 2.34 bits per heavy atom. The van der Waals surface area contributed by atoms with Gasteiger partial charge in [0.1, 0.15) is 36.1 Å². The number of carbonyl (C=O) groups is 4. The molecule has 15 nitrogen and oxygen atoms in total. The minimum Gasteiger partial charge on any atom is -0.488 e. The molecule has 2 aromatic heterocycles. The predicted octanol–water partition coefficient (Wildman–Crippen LogP) is 6.83. The van der Waals surface area contributed by atoms with Crippen molar-refractivity contribution in [2.45, 2.75) is 85.2 Å². The SMILES string of the molecule is CCCN(Cc1ncc(-c2ccc3c(c2)COc2c-3ccc3c2ccc2[nH]c([C@@H]4CCCN4C(=O)[C@@H](NC(=O)OC)C(C)C)nc23)[nH]1)C(=O)[C@@H](NC(=O)OC)C(C)C. The number of likely N-dealkylation sites (tertiary alicyclic amines) is 1. The topological polar surface area (TPSA) is 184 Å². The molecule has 4 N–H and O–H groups in total. The average molecular weight is 793 g/mol. The summed E-state index contributed by atoms with van der Waals surface area (Å²) in [7, 11) is 2.57. The molecule has 4 amide bonds. The summed E-state index contributed by atoms with van der Waals surface area (Å²) in [6, 6.07) is 12.8. The molecule has 7 rings (SSSR count). The first-order valence-corrected chi connectivity index (χ1v) is 20.0. The lowest BCUT2D eigenvalue weighted by Gasteiger charge is -2.29. The Balaban J connectivity index is 1.11. The number of rotatable bonds is 12. The number of nitrogens with zero attached hydrogens (tertiary/aromatic N) is 4. The number of carbonyl (C=O) groups excluding carboxylic acids is 4. The summed E-state index contributed by atoms with van der Waals surface area (Å²) in [4.78, 5) is 71.4. The molecule has 0 radical (unpaired) electrons. The van der Waals surface area contributed by atoms with Gasteiger partial charge >= 0.3 is 12.2 Å². The highest BCUT2D eigenvalue weighted by Crippen LogP contribution is 2.45. The van der Waals surface area contributed by atoms with Crippen molar-refractivity contribution in [2.24, 2.45) is 11.8 Å². The van der Waals surface area contributed by atoms with E-state index in [0.717, 1.165) is 74.8 Å². The number of methoxy groups -OCH3 is 2. The first kappa shape index (κ1) is 40.1. The normalized spacial score (nSPS) is 15.8. The maximum Gasteiger partial charge on any atom is 0.407 e. The molecule has 4 heterocycles. The summed E-state index contributed by atoms with van der Waals surface area (Å²) in [6.07, 6.45) is 2.83. The van der Waals surface area contributed by atoms with Gasteiger partial charge in [0, 0.05) is 29.4 Å². The van der Waals surface area contributed by atoms with E-state index >= 15 is 0 Å². The lowest BCUT2D eigenvalue weighted by Crippen LogP contribution is -2.51. The molecule has 306 valence electrons. The van der Waals surface area contributed by atoms with Crippen LogP contribution < -0.4 is 15.4 Å². The summed E-state index contributed by atoms with van der Waals surface area (Å²) in [6.45, 7) is 11.3. The van der Waals surface area contributed by atoms with Crippen molar-refractivity contribution in [1.29, 1.82) is 0 Å². The zero-order valence-corrected chi connectivity index (χ0v) is 34.1. The lowest BCUT2D eigenvalue weighted by molar-refractivity contribution is -0.136. The Morgan fingerprint density at radius 2 is 1.64 bits per heavy atom. The first-order chi connectivity index (χ1) is 27.9. The first-order valence-electron chi connectivity index (χ1n) is 20.0. The van der Waals surface area contributed by atoms with Crippen LogP contribution in [-0.2, 0) is 32.2 Å². The van der Waals surface area contributed by atoms with Gasteiger partial charge < -0.3 is 44.6 Å². The molecule has 3 aromatic carbocycles. The van der Waals surface area contributed by atoms with Gasteiger partial charge in [0.25, 0.3) is 0 Å². The number of H-pyrrole nitrogens is 2. The van der Waals surface area contributed by atoms with Crippen LogP contribution >= 0.6 is 0 Å². The number of fused-ring (bicyclic) bond motifs is 7. The summed E-state index contributed by atoms with van der Waals surface area (Å²) < 4.78 is 16.0. The second-order valence-corrected chi connectivity index (χ2v) is 15.7. The Kier molecular flexibility index (Phi) is 11.6. The average Bonchev–Trinajstić information content (AvgIpc) is 4.00. The third kappa shape index (κ3) is 7.77. The van der Waals surface area contributed by atoms with E-state index in [2.05, 4.69) is 62.0 Å². The lowest BCUT2D eigenvalue weighted by atomic mass is 9.92. The van der Waals surface area contributed by atoms with E-state index < -0.39 is 24.3 Å². The van der Waals surface area contributed by atoms with Crippen molar-refractivity contribution in [3.05, 3.63) is 65.9 Å². The van der Waals surface area contributed by atoms with Gasteiger partial charge in [-0.2, -0.15) is 0 Å². The number of alkyl carbamates (subject to hydrolysis) is 2. The molecule has 58 heavy (non-hydrogen) atoms. The second-order valence-electron chi connectivity index (χ2n) is 15.7. The van der Waals surface area contributed by atoms with Crippen molar-refractivity contribution >= 4 is 45.8 Å². The number of amides is 4. The number of benzene rings is 3. The molecule has 2 aliphatic heterocycles. The predicted molar refractivity (Wildman–Crippen MR) is 219 cm³/mol. The number of aromatic amines is 2. The molecular weight excluding hydrogens is 741 g/mol. The molecule has 15 heteroatoms. The monoisotopic (exact) mass is 792 g/mol. The summed E-state index contributed by atoms with van der Waals surface area (Å²) in [5.41, 5.74) is 6.53. The van der Waals surface area contributed by atoms with Crippen LogP contribution in [0.3, 0.4) is 0 Å². The molecule has 0 bridgehead atoms. The number of aromatic nitrogens is 4. The maximum atomic E-state index is 13.7. The standard InChI is InChI=1S/C43H52N8O7/c1-8-17-50(40(52)35(23(2)3)48-42(54)56-6)21-34-44-20-32(45-34)25-11-12-27-26(19-25)22-58-38-29(27)14-13-28-30(38)15-16-31-37(28)47-39(46-31)33-10-9-18-51(33)41(53)36(24(4)5)49-43(55)57-7/h11-16,19-20,23-24,33,35-36H,8-10,17-18,21-22H2,1-7H3,(H,44,45)(H,46,47)(H,48,54)(H,49,55)/t33-,35-,36-/m0/s1. The van der Waals surface area contributed by atoms with E-state index in [-0.39, 0.29) is 36.2 Å². The number of imidazole rings is 2. The van der Waals surface area contributed by atoms with Crippen molar-refractivity contribution in [1.82, 2.24) is 40.4 Å². The van der Waals surface area contributed by atoms with Crippen molar-refractivity contribution in [3.8, 4) is 28.1 Å². The van der Waals surface area contributed by atoms with Gasteiger partial charge in [0.2, 0.25) is 11.8 Å². The molecule has 1 saturated heterocycles. The largest absolute Gasteiger partial charge is 0.488 e. The molecular formula is C43H52N8O7. The molecule has 0 spiro atoms. The summed E-state index contributed by atoms with van der Waals surface area (Å²) in [5, 5.41) is 7.29. The highest BCUT2D eigenvalue weighted by Gasteiger charge is 2.38. The van der Waals surface area contributed by atoms with Crippen LogP contribution in [0, 0.1) is 11.8 Å². The van der Waals surface area contributed by atoms with Gasteiger partial charge in [0.05, 0.1) is 49.7 Å².